The Kier molecular flexibility index (Phi) is 6.30. The van der Waals surface area contributed by atoms with E-state index in [9.17, 15) is 14.4 Å². The van der Waals surface area contributed by atoms with Crippen LogP contribution in [0.4, 0.5) is 15.3 Å². The van der Waals surface area contributed by atoms with E-state index in [1.807, 2.05) is 27.7 Å². The molecule has 1 aromatic rings. The molecule has 0 aliphatic carbocycles. The van der Waals surface area contributed by atoms with Gasteiger partial charge in [0, 0.05) is 30.4 Å². The van der Waals surface area contributed by atoms with E-state index in [2.05, 4.69) is 10.6 Å². The van der Waals surface area contributed by atoms with E-state index >= 15 is 0 Å². The molecule has 2 atom stereocenters. The average molecular weight is 376 g/mol. The fraction of sp³-hybridized carbons (Fsp3) is 0.526. The van der Waals surface area contributed by atoms with Crippen molar-refractivity contribution in [2.75, 3.05) is 18.4 Å². The lowest BCUT2D eigenvalue weighted by Gasteiger charge is -2.22. The number of hydrogen-bond acceptors (Lipinski definition) is 4. The van der Waals surface area contributed by atoms with E-state index in [-0.39, 0.29) is 17.9 Å². The number of ether oxygens (including phenoxy) is 1. The molecule has 1 aliphatic rings. The lowest BCUT2D eigenvalue weighted by atomic mass is 10.1. The van der Waals surface area contributed by atoms with Gasteiger partial charge in [0.05, 0.1) is 0 Å². The van der Waals surface area contributed by atoms with Crippen molar-refractivity contribution in [2.24, 2.45) is 11.7 Å². The molecule has 148 valence electrons. The smallest absolute Gasteiger partial charge is 0.407 e. The van der Waals surface area contributed by atoms with Gasteiger partial charge in [0.25, 0.3) is 5.91 Å². The summed E-state index contributed by atoms with van der Waals surface area (Å²) in [6.45, 7) is 8.47. The molecule has 0 bridgehead atoms. The summed E-state index contributed by atoms with van der Waals surface area (Å²) in [5, 5.41) is 5.24. The molecule has 0 aromatic heterocycles. The molecule has 27 heavy (non-hydrogen) atoms. The standard InChI is InChI=1S/C19H28N4O4/c1-12-9-13(10-21-18(26)27-19(2,3)4)11-23(12)16(24)14-5-7-15(8-6-14)22-17(20)25/h5-8,12-13H,9-11H2,1-4H3,(H,21,26)(H3,20,22,25). The summed E-state index contributed by atoms with van der Waals surface area (Å²) in [7, 11) is 0. The number of hydrogen-bond donors (Lipinski definition) is 3. The zero-order valence-corrected chi connectivity index (χ0v) is 16.2. The number of primary amides is 1. The first-order valence-corrected chi connectivity index (χ1v) is 8.99. The molecule has 4 amide bonds. The number of nitrogens with zero attached hydrogens (tertiary/aromatic N) is 1. The van der Waals surface area contributed by atoms with Crippen molar-refractivity contribution in [3.63, 3.8) is 0 Å². The number of likely N-dealkylation sites (tertiary alicyclic amines) is 1. The summed E-state index contributed by atoms with van der Waals surface area (Å²) in [4.78, 5) is 37.2. The van der Waals surface area contributed by atoms with Crippen molar-refractivity contribution in [3.05, 3.63) is 29.8 Å². The van der Waals surface area contributed by atoms with Gasteiger partial charge in [-0.15, -0.1) is 0 Å². The molecule has 1 saturated heterocycles. The number of carbonyl (C=O) groups excluding carboxylic acids is 3. The summed E-state index contributed by atoms with van der Waals surface area (Å²) in [6.07, 6.45) is 0.362. The van der Waals surface area contributed by atoms with Crippen LogP contribution in [0.15, 0.2) is 24.3 Å². The third-order valence-electron chi connectivity index (χ3n) is 4.26. The maximum absolute atomic E-state index is 12.8. The zero-order chi connectivity index (χ0) is 20.2. The fourth-order valence-electron chi connectivity index (χ4n) is 3.12. The van der Waals surface area contributed by atoms with Gasteiger partial charge in [0.2, 0.25) is 0 Å². The maximum atomic E-state index is 12.8. The highest BCUT2D eigenvalue weighted by atomic mass is 16.6. The molecular formula is C19H28N4O4. The number of carbonyl (C=O) groups is 3. The highest BCUT2D eigenvalue weighted by Crippen LogP contribution is 2.25. The molecule has 4 N–H and O–H groups in total. The number of alkyl carbamates (subject to hydrolysis) is 1. The SMILES string of the molecule is CC1CC(CNC(=O)OC(C)(C)C)CN1C(=O)c1ccc(NC(N)=O)cc1. The van der Waals surface area contributed by atoms with Crippen LogP contribution in [-0.2, 0) is 4.74 Å². The molecule has 2 rings (SSSR count). The molecular weight excluding hydrogens is 348 g/mol. The third kappa shape index (κ3) is 6.16. The topological polar surface area (TPSA) is 114 Å². The Hall–Kier alpha value is -2.77. The van der Waals surface area contributed by atoms with Crippen molar-refractivity contribution in [2.45, 2.75) is 45.8 Å². The highest BCUT2D eigenvalue weighted by Gasteiger charge is 2.33. The van der Waals surface area contributed by atoms with Crippen molar-refractivity contribution >= 4 is 23.7 Å². The molecule has 0 spiro atoms. The van der Waals surface area contributed by atoms with Crippen LogP contribution in [0.1, 0.15) is 44.5 Å². The van der Waals surface area contributed by atoms with Crippen molar-refractivity contribution in [1.29, 1.82) is 0 Å². The van der Waals surface area contributed by atoms with Crippen LogP contribution in [-0.4, -0.2) is 47.7 Å². The zero-order valence-electron chi connectivity index (χ0n) is 16.2. The van der Waals surface area contributed by atoms with Crippen LogP contribution in [0, 0.1) is 5.92 Å². The Morgan fingerprint density at radius 1 is 1.22 bits per heavy atom. The Bertz CT molecular complexity index is 697. The molecule has 8 nitrogen and oxygen atoms in total. The number of nitrogens with two attached hydrogens (primary N) is 1. The average Bonchev–Trinajstić information content (AvgIpc) is 2.92. The number of urea groups is 1. The predicted molar refractivity (Wildman–Crippen MR) is 102 cm³/mol. The summed E-state index contributed by atoms with van der Waals surface area (Å²) >= 11 is 0. The van der Waals surface area contributed by atoms with Gasteiger partial charge < -0.3 is 26.0 Å². The lowest BCUT2D eigenvalue weighted by Crippen LogP contribution is -2.37. The Labute approximate surface area is 159 Å². The van der Waals surface area contributed by atoms with Crippen LogP contribution in [0.5, 0.6) is 0 Å². The van der Waals surface area contributed by atoms with Crippen molar-refractivity contribution < 1.29 is 19.1 Å². The van der Waals surface area contributed by atoms with E-state index < -0.39 is 17.7 Å². The monoisotopic (exact) mass is 376 g/mol. The maximum Gasteiger partial charge on any atom is 0.407 e. The summed E-state index contributed by atoms with van der Waals surface area (Å²) in [5.41, 5.74) is 5.61. The first kappa shape index (κ1) is 20.5. The minimum Gasteiger partial charge on any atom is -0.444 e. The van der Waals surface area contributed by atoms with E-state index in [0.717, 1.165) is 6.42 Å². The molecule has 2 unspecified atom stereocenters. The predicted octanol–water partition coefficient (Wildman–Crippen LogP) is 2.55. The summed E-state index contributed by atoms with van der Waals surface area (Å²) in [6, 6.07) is 6.02. The first-order valence-electron chi connectivity index (χ1n) is 8.99. The largest absolute Gasteiger partial charge is 0.444 e. The van der Waals surface area contributed by atoms with Crippen LogP contribution < -0.4 is 16.4 Å². The van der Waals surface area contributed by atoms with Crippen LogP contribution >= 0.6 is 0 Å². The molecule has 1 heterocycles. The van der Waals surface area contributed by atoms with E-state index in [1.54, 1.807) is 29.2 Å². The second-order valence-corrected chi connectivity index (χ2v) is 7.86. The van der Waals surface area contributed by atoms with Gasteiger partial charge in [-0.3, -0.25) is 4.79 Å². The van der Waals surface area contributed by atoms with Gasteiger partial charge in [0.15, 0.2) is 0 Å². The lowest BCUT2D eigenvalue weighted by molar-refractivity contribution is 0.0520. The minimum atomic E-state index is -0.650. The number of rotatable bonds is 4. The van der Waals surface area contributed by atoms with Gasteiger partial charge in [0.1, 0.15) is 5.60 Å². The number of nitrogens with one attached hydrogen (secondary N) is 2. The summed E-state index contributed by atoms with van der Waals surface area (Å²) in [5.74, 6) is 0.0974. The molecule has 0 radical (unpaired) electrons. The van der Waals surface area contributed by atoms with Crippen LogP contribution in [0.2, 0.25) is 0 Å². The second-order valence-electron chi connectivity index (χ2n) is 7.86. The quantitative estimate of drug-likeness (QED) is 0.749. The summed E-state index contributed by atoms with van der Waals surface area (Å²) < 4.78 is 5.24. The van der Waals surface area contributed by atoms with Gasteiger partial charge >= 0.3 is 12.1 Å². The normalized spacial score (nSPS) is 19.5. The van der Waals surface area contributed by atoms with Gasteiger partial charge in [-0.05, 0) is 64.3 Å². The highest BCUT2D eigenvalue weighted by molar-refractivity contribution is 5.95. The first-order chi connectivity index (χ1) is 12.5. The number of benzene rings is 1. The van der Waals surface area contributed by atoms with Crippen LogP contribution in [0.3, 0.4) is 0 Å². The number of amides is 4. The Morgan fingerprint density at radius 3 is 2.41 bits per heavy atom. The van der Waals surface area contributed by atoms with Crippen molar-refractivity contribution in [3.8, 4) is 0 Å². The van der Waals surface area contributed by atoms with Gasteiger partial charge in [-0.25, -0.2) is 9.59 Å². The second kappa shape index (κ2) is 8.28. The minimum absolute atomic E-state index is 0.0753. The van der Waals surface area contributed by atoms with E-state index in [4.69, 9.17) is 10.5 Å². The Balaban J connectivity index is 1.90. The van der Waals surface area contributed by atoms with Gasteiger partial charge in [-0.1, -0.05) is 0 Å². The molecule has 1 fully saturated rings. The fourth-order valence-corrected chi connectivity index (χ4v) is 3.12. The molecule has 1 aromatic carbocycles. The molecule has 8 heteroatoms. The molecule has 0 saturated carbocycles. The van der Waals surface area contributed by atoms with Crippen molar-refractivity contribution in [1.82, 2.24) is 10.2 Å². The molecule has 1 aliphatic heterocycles. The van der Waals surface area contributed by atoms with E-state index in [0.29, 0.717) is 24.3 Å². The third-order valence-corrected chi connectivity index (χ3v) is 4.26. The Morgan fingerprint density at radius 2 is 1.85 bits per heavy atom. The van der Waals surface area contributed by atoms with Crippen LogP contribution in [0.25, 0.3) is 0 Å². The number of anilines is 1. The van der Waals surface area contributed by atoms with E-state index in [1.165, 1.54) is 0 Å². The van der Waals surface area contributed by atoms with Gasteiger partial charge in [-0.2, -0.15) is 0 Å².